The number of halogens is 1. The number of anilines is 1. The van der Waals surface area contributed by atoms with Gasteiger partial charge in [0.1, 0.15) is 0 Å². The van der Waals surface area contributed by atoms with E-state index in [1.54, 1.807) is 0 Å². The highest BCUT2D eigenvalue weighted by atomic mass is 127. The van der Waals surface area contributed by atoms with Gasteiger partial charge in [-0.1, -0.05) is 26.8 Å². The number of aliphatic imine (C=N–C) groups is 1. The molecule has 0 spiro atoms. The van der Waals surface area contributed by atoms with Gasteiger partial charge in [0.15, 0.2) is 5.96 Å². The maximum atomic E-state index is 11.7. The van der Waals surface area contributed by atoms with Crippen LogP contribution in [0.1, 0.15) is 31.9 Å². The molecule has 0 fully saturated rings. The van der Waals surface area contributed by atoms with Crippen LogP contribution >= 0.6 is 24.0 Å². The third kappa shape index (κ3) is 7.11. The zero-order chi connectivity index (χ0) is 16.0. The summed E-state index contributed by atoms with van der Waals surface area (Å²) >= 11 is 0. The Balaban J connectivity index is 0.00000441. The summed E-state index contributed by atoms with van der Waals surface area (Å²) in [5.74, 6) is 0.363. The second-order valence-corrected chi connectivity index (χ2v) is 6.20. The molecule has 124 valence electrons. The Kier molecular flexibility index (Phi) is 8.44. The van der Waals surface area contributed by atoms with Crippen molar-refractivity contribution in [1.29, 1.82) is 0 Å². The molecule has 1 aromatic rings. The van der Waals surface area contributed by atoms with Crippen molar-refractivity contribution in [3.8, 4) is 0 Å². The van der Waals surface area contributed by atoms with Crippen molar-refractivity contribution in [3.05, 3.63) is 29.3 Å². The van der Waals surface area contributed by atoms with Crippen molar-refractivity contribution in [2.24, 2.45) is 16.1 Å². The highest BCUT2D eigenvalue weighted by molar-refractivity contribution is 14.0. The molecule has 5 nitrogen and oxygen atoms in total. The van der Waals surface area contributed by atoms with E-state index in [0.717, 1.165) is 5.69 Å². The summed E-state index contributed by atoms with van der Waals surface area (Å²) in [6.45, 7) is 10.7. The second-order valence-electron chi connectivity index (χ2n) is 6.20. The van der Waals surface area contributed by atoms with Crippen LogP contribution in [0.25, 0.3) is 0 Å². The Labute approximate surface area is 150 Å². The molecule has 0 heterocycles. The van der Waals surface area contributed by atoms with Crippen molar-refractivity contribution in [2.75, 3.05) is 18.4 Å². The molecule has 0 saturated carbocycles. The van der Waals surface area contributed by atoms with Crippen LogP contribution in [0.5, 0.6) is 0 Å². The molecule has 0 aliphatic carbocycles. The Hall–Kier alpha value is -1.31. The number of hydrogen-bond donors (Lipinski definition) is 3. The minimum atomic E-state index is -0.382. The van der Waals surface area contributed by atoms with Gasteiger partial charge < -0.3 is 16.4 Å². The van der Waals surface area contributed by atoms with E-state index in [-0.39, 0.29) is 35.3 Å². The first kappa shape index (κ1) is 20.7. The molecule has 1 aromatic carbocycles. The highest BCUT2D eigenvalue weighted by Crippen LogP contribution is 2.14. The van der Waals surface area contributed by atoms with E-state index >= 15 is 0 Å². The van der Waals surface area contributed by atoms with Gasteiger partial charge in [0.05, 0.1) is 6.54 Å². The minimum absolute atomic E-state index is 0. The summed E-state index contributed by atoms with van der Waals surface area (Å²) in [5, 5.41) is 5.87. The summed E-state index contributed by atoms with van der Waals surface area (Å²) in [5.41, 5.74) is 8.79. The average molecular weight is 418 g/mol. The Bertz CT molecular complexity index is 535. The molecule has 0 saturated heterocycles. The lowest BCUT2D eigenvalue weighted by atomic mass is 9.96. The van der Waals surface area contributed by atoms with E-state index in [1.807, 2.05) is 39.0 Å². The van der Waals surface area contributed by atoms with Crippen molar-refractivity contribution >= 4 is 41.5 Å². The smallest absolute Gasteiger partial charge is 0.225 e. The Morgan fingerprint density at radius 3 is 2.41 bits per heavy atom. The molecule has 1 rings (SSSR count). The van der Waals surface area contributed by atoms with E-state index < -0.39 is 0 Å². The van der Waals surface area contributed by atoms with Gasteiger partial charge in [-0.05, 0) is 37.1 Å². The lowest BCUT2D eigenvalue weighted by Gasteiger charge is -2.17. The number of benzene rings is 1. The lowest BCUT2D eigenvalue weighted by Crippen LogP contribution is -2.36. The standard InChI is InChI=1S/C16H26N4O.HI/c1-11-6-7-13(10-12(11)2)20-15(17)19-9-8-18-14(21)16(3,4)5;/h6-7,10H,8-9H2,1-5H3,(H,18,21)(H3,17,19,20);1H. The average Bonchev–Trinajstić information content (AvgIpc) is 2.37. The molecular weight excluding hydrogens is 391 g/mol. The predicted octanol–water partition coefficient (Wildman–Crippen LogP) is 2.81. The second kappa shape index (κ2) is 8.97. The molecule has 0 aliphatic rings. The zero-order valence-electron chi connectivity index (χ0n) is 14.0. The van der Waals surface area contributed by atoms with E-state index in [9.17, 15) is 4.79 Å². The van der Waals surface area contributed by atoms with Crippen molar-refractivity contribution in [2.45, 2.75) is 34.6 Å². The largest absolute Gasteiger partial charge is 0.370 e. The van der Waals surface area contributed by atoms with E-state index in [1.165, 1.54) is 11.1 Å². The van der Waals surface area contributed by atoms with Crippen LogP contribution in [-0.2, 0) is 4.79 Å². The van der Waals surface area contributed by atoms with Crippen LogP contribution in [0, 0.1) is 19.3 Å². The zero-order valence-corrected chi connectivity index (χ0v) is 16.3. The molecule has 4 N–H and O–H groups in total. The predicted molar refractivity (Wildman–Crippen MR) is 104 cm³/mol. The molecule has 0 aromatic heterocycles. The van der Waals surface area contributed by atoms with Gasteiger partial charge in [-0.2, -0.15) is 0 Å². The highest BCUT2D eigenvalue weighted by Gasteiger charge is 2.19. The van der Waals surface area contributed by atoms with Gasteiger partial charge in [0.2, 0.25) is 5.91 Å². The summed E-state index contributed by atoms with van der Waals surface area (Å²) in [7, 11) is 0. The quantitative estimate of drug-likeness (QED) is 0.305. The fourth-order valence-electron chi connectivity index (χ4n) is 1.62. The third-order valence-electron chi connectivity index (χ3n) is 3.14. The van der Waals surface area contributed by atoms with Gasteiger partial charge in [-0.15, -0.1) is 24.0 Å². The van der Waals surface area contributed by atoms with Crippen LogP contribution in [0.2, 0.25) is 0 Å². The lowest BCUT2D eigenvalue weighted by molar-refractivity contribution is -0.128. The Morgan fingerprint density at radius 2 is 1.86 bits per heavy atom. The first-order valence-electron chi connectivity index (χ1n) is 7.12. The van der Waals surface area contributed by atoms with Crippen LogP contribution in [-0.4, -0.2) is 25.0 Å². The van der Waals surface area contributed by atoms with Gasteiger partial charge in [0.25, 0.3) is 0 Å². The molecule has 0 bridgehead atoms. The number of carbonyl (C=O) groups excluding carboxylic acids is 1. The normalized spacial score (nSPS) is 11.6. The third-order valence-corrected chi connectivity index (χ3v) is 3.14. The fourth-order valence-corrected chi connectivity index (χ4v) is 1.62. The monoisotopic (exact) mass is 418 g/mol. The number of rotatable bonds is 4. The fraction of sp³-hybridized carbons (Fsp3) is 0.500. The van der Waals surface area contributed by atoms with Crippen molar-refractivity contribution in [1.82, 2.24) is 5.32 Å². The maximum Gasteiger partial charge on any atom is 0.225 e. The summed E-state index contributed by atoms with van der Waals surface area (Å²) in [6, 6.07) is 6.03. The molecule has 0 radical (unpaired) electrons. The Morgan fingerprint density at radius 1 is 1.23 bits per heavy atom. The van der Waals surface area contributed by atoms with E-state index in [2.05, 4.69) is 29.5 Å². The molecule has 6 heteroatoms. The molecule has 1 amide bonds. The summed E-state index contributed by atoms with van der Waals surface area (Å²) in [6.07, 6.45) is 0. The van der Waals surface area contributed by atoms with Crippen LogP contribution in [0.15, 0.2) is 23.2 Å². The number of nitrogens with one attached hydrogen (secondary N) is 2. The van der Waals surface area contributed by atoms with Gasteiger partial charge in [-0.25, -0.2) is 0 Å². The number of amides is 1. The summed E-state index contributed by atoms with van der Waals surface area (Å²) in [4.78, 5) is 15.9. The van der Waals surface area contributed by atoms with Gasteiger partial charge >= 0.3 is 0 Å². The molecule has 22 heavy (non-hydrogen) atoms. The topological polar surface area (TPSA) is 79.5 Å². The van der Waals surface area contributed by atoms with Gasteiger partial charge in [-0.3, -0.25) is 9.79 Å². The van der Waals surface area contributed by atoms with Crippen LogP contribution < -0.4 is 16.4 Å². The minimum Gasteiger partial charge on any atom is -0.370 e. The van der Waals surface area contributed by atoms with Crippen LogP contribution in [0.4, 0.5) is 5.69 Å². The van der Waals surface area contributed by atoms with Gasteiger partial charge in [0, 0.05) is 17.6 Å². The number of nitrogens with zero attached hydrogens (tertiary/aromatic N) is 1. The molecule has 0 unspecified atom stereocenters. The first-order chi connectivity index (χ1) is 9.70. The SMILES string of the molecule is Cc1ccc(NC(N)=NCCNC(=O)C(C)(C)C)cc1C.I. The number of carbonyl (C=O) groups is 1. The number of guanidine groups is 1. The van der Waals surface area contributed by atoms with Crippen LogP contribution in [0.3, 0.4) is 0 Å². The molecule has 0 aliphatic heterocycles. The first-order valence-corrected chi connectivity index (χ1v) is 7.12. The number of nitrogens with two attached hydrogens (primary N) is 1. The van der Waals surface area contributed by atoms with E-state index in [4.69, 9.17) is 5.73 Å². The van der Waals surface area contributed by atoms with Crippen molar-refractivity contribution < 1.29 is 4.79 Å². The van der Waals surface area contributed by atoms with E-state index in [0.29, 0.717) is 19.0 Å². The number of hydrogen-bond acceptors (Lipinski definition) is 2. The maximum absolute atomic E-state index is 11.7. The van der Waals surface area contributed by atoms with Crippen molar-refractivity contribution in [3.63, 3.8) is 0 Å². The molecule has 0 atom stereocenters. The number of aryl methyl sites for hydroxylation is 2. The molecular formula is C16H27IN4O. The summed E-state index contributed by atoms with van der Waals surface area (Å²) < 4.78 is 0.